The second kappa shape index (κ2) is 11.7. The number of unbranched alkanes of at least 4 members (excludes halogenated alkanes) is 2. The Kier molecular flexibility index (Phi) is 8.49. The number of nitrogens with one attached hydrogen (secondary N) is 1. The summed E-state index contributed by atoms with van der Waals surface area (Å²) in [6.45, 7) is 1.54. The fourth-order valence-electron chi connectivity index (χ4n) is 4.45. The maximum Gasteiger partial charge on any atom is 0.164 e. The van der Waals surface area contributed by atoms with Crippen molar-refractivity contribution in [1.29, 1.82) is 0 Å². The van der Waals surface area contributed by atoms with Crippen LogP contribution in [-0.4, -0.2) is 25.2 Å². The Morgan fingerprint density at radius 1 is 1.00 bits per heavy atom. The van der Waals surface area contributed by atoms with E-state index in [4.69, 9.17) is 32.7 Å². The molecular formula is C27H30Cl2N2O2. The van der Waals surface area contributed by atoms with Crippen molar-refractivity contribution in [1.82, 2.24) is 10.3 Å². The second-order valence-corrected chi connectivity index (χ2v) is 9.17. The summed E-state index contributed by atoms with van der Waals surface area (Å²) in [4.78, 5) is 4.07. The first-order valence-electron chi connectivity index (χ1n) is 11.5. The molecule has 1 N–H and O–H groups in total. The summed E-state index contributed by atoms with van der Waals surface area (Å²) < 4.78 is 12.0. The average Bonchev–Trinajstić information content (AvgIpc) is 2.84. The van der Waals surface area contributed by atoms with Gasteiger partial charge in [0.1, 0.15) is 0 Å². The lowest BCUT2D eigenvalue weighted by Crippen LogP contribution is -2.31. The predicted octanol–water partition coefficient (Wildman–Crippen LogP) is 6.62. The van der Waals surface area contributed by atoms with Crippen LogP contribution in [0.3, 0.4) is 0 Å². The van der Waals surface area contributed by atoms with Crippen molar-refractivity contribution in [3.8, 4) is 11.5 Å². The van der Waals surface area contributed by atoms with E-state index in [0.717, 1.165) is 55.7 Å². The third kappa shape index (κ3) is 6.00. The maximum absolute atomic E-state index is 6.38. The molecule has 3 aromatic rings. The molecule has 174 valence electrons. The molecule has 1 atom stereocenters. The zero-order valence-electron chi connectivity index (χ0n) is 18.9. The number of nitrogens with zero attached hydrogens (tertiary/aromatic N) is 1. The van der Waals surface area contributed by atoms with Gasteiger partial charge in [-0.2, -0.15) is 0 Å². The number of hydrogen-bond acceptors (Lipinski definition) is 4. The van der Waals surface area contributed by atoms with Crippen molar-refractivity contribution < 1.29 is 9.47 Å². The van der Waals surface area contributed by atoms with Crippen LogP contribution >= 0.6 is 23.2 Å². The molecule has 33 heavy (non-hydrogen) atoms. The highest BCUT2D eigenvalue weighted by molar-refractivity contribution is 6.35. The Labute approximate surface area is 206 Å². The number of methoxy groups -OCH3 is 1. The highest BCUT2D eigenvalue weighted by Gasteiger charge is 2.26. The lowest BCUT2D eigenvalue weighted by atomic mass is 9.89. The van der Waals surface area contributed by atoms with Crippen LogP contribution in [0.15, 0.2) is 54.9 Å². The minimum Gasteiger partial charge on any atom is -0.493 e. The molecule has 4 nitrogen and oxygen atoms in total. The second-order valence-electron chi connectivity index (χ2n) is 8.35. The molecule has 2 aromatic carbocycles. The molecule has 0 bridgehead atoms. The van der Waals surface area contributed by atoms with Crippen molar-refractivity contribution in [2.45, 2.75) is 44.6 Å². The Morgan fingerprint density at radius 3 is 2.55 bits per heavy atom. The molecule has 2 heterocycles. The highest BCUT2D eigenvalue weighted by atomic mass is 35.5. The summed E-state index contributed by atoms with van der Waals surface area (Å²) >= 11 is 12.8. The van der Waals surface area contributed by atoms with Gasteiger partial charge in [0.25, 0.3) is 0 Å². The van der Waals surface area contributed by atoms with Crippen LogP contribution in [0.1, 0.15) is 47.6 Å². The standard InChI is InChI=1S/C27H30Cl2N2O2/c1-32-26-12-11-20-21(13-14-31-25(20)16-22-23(28)17-30-18-24(22)29)27(26)33-15-7-3-6-10-19-8-4-2-5-9-19/h2,4-5,8-9,11-12,17-18,25,31H,3,6-7,10,13-16H2,1H3. The van der Waals surface area contributed by atoms with Gasteiger partial charge in [0, 0.05) is 24.0 Å². The minimum absolute atomic E-state index is 0.102. The fourth-order valence-corrected chi connectivity index (χ4v) is 4.97. The molecule has 1 aliphatic heterocycles. The van der Waals surface area contributed by atoms with Crippen LogP contribution in [-0.2, 0) is 19.3 Å². The number of benzene rings is 2. The van der Waals surface area contributed by atoms with E-state index < -0.39 is 0 Å². The van der Waals surface area contributed by atoms with Gasteiger partial charge in [-0.3, -0.25) is 4.98 Å². The van der Waals surface area contributed by atoms with Gasteiger partial charge in [-0.15, -0.1) is 0 Å². The Balaban J connectivity index is 1.41. The quantitative estimate of drug-likeness (QED) is 0.328. The predicted molar refractivity (Wildman–Crippen MR) is 135 cm³/mol. The van der Waals surface area contributed by atoms with Gasteiger partial charge >= 0.3 is 0 Å². The van der Waals surface area contributed by atoms with E-state index in [9.17, 15) is 0 Å². The van der Waals surface area contributed by atoms with E-state index in [1.165, 1.54) is 16.7 Å². The minimum atomic E-state index is 0.102. The first kappa shape index (κ1) is 23.9. The molecule has 1 aliphatic rings. The Hall–Kier alpha value is -2.27. The van der Waals surface area contributed by atoms with Gasteiger partial charge in [-0.1, -0.05) is 59.6 Å². The van der Waals surface area contributed by atoms with Gasteiger partial charge < -0.3 is 14.8 Å². The number of hydrogen-bond donors (Lipinski definition) is 1. The molecule has 0 saturated carbocycles. The van der Waals surface area contributed by atoms with Crippen molar-refractivity contribution in [3.05, 3.63) is 87.2 Å². The molecule has 1 aromatic heterocycles. The number of aromatic nitrogens is 1. The SMILES string of the molecule is COc1ccc2c(c1OCCCCCc1ccccc1)CCNC2Cc1c(Cl)cncc1Cl. The van der Waals surface area contributed by atoms with Gasteiger partial charge in [0.15, 0.2) is 11.5 Å². The molecule has 0 spiro atoms. The molecule has 0 fully saturated rings. The van der Waals surface area contributed by atoms with Crippen LogP contribution < -0.4 is 14.8 Å². The molecule has 6 heteroatoms. The van der Waals surface area contributed by atoms with E-state index in [1.54, 1.807) is 19.5 Å². The van der Waals surface area contributed by atoms with Crippen molar-refractivity contribution in [2.75, 3.05) is 20.3 Å². The molecule has 0 amide bonds. The van der Waals surface area contributed by atoms with Crippen LogP contribution in [0.25, 0.3) is 0 Å². The van der Waals surface area contributed by atoms with Gasteiger partial charge in [-0.25, -0.2) is 0 Å². The monoisotopic (exact) mass is 484 g/mol. The van der Waals surface area contributed by atoms with Gasteiger partial charge in [0.2, 0.25) is 0 Å². The Morgan fingerprint density at radius 2 is 1.79 bits per heavy atom. The zero-order chi connectivity index (χ0) is 23.0. The number of aryl methyl sites for hydroxylation is 1. The topological polar surface area (TPSA) is 43.4 Å². The number of fused-ring (bicyclic) bond motifs is 1. The number of rotatable bonds is 10. The zero-order valence-corrected chi connectivity index (χ0v) is 20.5. The van der Waals surface area contributed by atoms with E-state index in [-0.39, 0.29) is 6.04 Å². The van der Waals surface area contributed by atoms with E-state index in [1.807, 2.05) is 6.07 Å². The first-order chi connectivity index (χ1) is 16.2. The number of ether oxygens (including phenoxy) is 2. The smallest absolute Gasteiger partial charge is 0.164 e. The summed E-state index contributed by atoms with van der Waals surface area (Å²) in [7, 11) is 1.70. The highest BCUT2D eigenvalue weighted by Crippen LogP contribution is 2.40. The van der Waals surface area contributed by atoms with Crippen LogP contribution in [0.5, 0.6) is 11.5 Å². The number of halogens is 2. The van der Waals surface area contributed by atoms with Gasteiger partial charge in [-0.05, 0) is 67.8 Å². The van der Waals surface area contributed by atoms with Crippen LogP contribution in [0.2, 0.25) is 10.0 Å². The van der Waals surface area contributed by atoms with E-state index >= 15 is 0 Å². The van der Waals surface area contributed by atoms with Crippen LogP contribution in [0, 0.1) is 0 Å². The fraction of sp³-hybridized carbons (Fsp3) is 0.370. The Bertz CT molecular complexity index is 1040. The van der Waals surface area contributed by atoms with E-state index in [0.29, 0.717) is 23.1 Å². The number of pyridine rings is 1. The lowest BCUT2D eigenvalue weighted by molar-refractivity contribution is 0.280. The summed E-state index contributed by atoms with van der Waals surface area (Å²) in [6, 6.07) is 14.9. The van der Waals surface area contributed by atoms with Crippen molar-refractivity contribution in [3.63, 3.8) is 0 Å². The summed E-state index contributed by atoms with van der Waals surface area (Å²) in [6.07, 6.45) is 9.30. The van der Waals surface area contributed by atoms with Crippen molar-refractivity contribution >= 4 is 23.2 Å². The summed E-state index contributed by atoms with van der Waals surface area (Å²) in [5.41, 5.74) is 4.73. The molecule has 0 saturated heterocycles. The van der Waals surface area contributed by atoms with E-state index in [2.05, 4.69) is 46.7 Å². The molecule has 0 aliphatic carbocycles. The van der Waals surface area contributed by atoms with Gasteiger partial charge in [0.05, 0.1) is 23.8 Å². The third-order valence-corrected chi connectivity index (χ3v) is 6.83. The summed E-state index contributed by atoms with van der Waals surface area (Å²) in [5, 5.41) is 4.80. The first-order valence-corrected chi connectivity index (χ1v) is 12.3. The molecular weight excluding hydrogens is 455 g/mol. The normalized spacial score (nSPS) is 15.2. The summed E-state index contributed by atoms with van der Waals surface area (Å²) in [5.74, 6) is 1.66. The molecule has 0 radical (unpaired) electrons. The van der Waals surface area contributed by atoms with Crippen molar-refractivity contribution in [2.24, 2.45) is 0 Å². The largest absolute Gasteiger partial charge is 0.493 e. The molecule has 1 unspecified atom stereocenters. The maximum atomic E-state index is 6.38. The van der Waals surface area contributed by atoms with Crippen LogP contribution in [0.4, 0.5) is 0 Å². The lowest BCUT2D eigenvalue weighted by Gasteiger charge is -2.30. The third-order valence-electron chi connectivity index (χ3n) is 6.18. The molecule has 4 rings (SSSR count). The average molecular weight is 485 g/mol.